The number of carbonyl (C=O) groups excluding carboxylic acids is 1. The molecular weight excluding hydrogens is 308 g/mol. The number of allylic oxidation sites excluding steroid dienone is 2. The Morgan fingerprint density at radius 3 is 2.29 bits per heavy atom. The molecule has 3 aromatic carbocycles. The molecule has 0 saturated carbocycles. The van der Waals surface area contributed by atoms with E-state index in [0.717, 1.165) is 16.8 Å². The van der Waals surface area contributed by atoms with Crippen LogP contribution >= 0.6 is 0 Å². The van der Waals surface area contributed by atoms with Crippen molar-refractivity contribution < 1.29 is 13.6 Å². The molecule has 0 aromatic heterocycles. The molecule has 0 aliphatic carbocycles. The molecule has 0 radical (unpaired) electrons. The molecule has 0 atom stereocenters. The summed E-state index contributed by atoms with van der Waals surface area (Å²) in [6.07, 6.45) is -1.82. The van der Waals surface area contributed by atoms with Crippen LogP contribution in [0.4, 0.5) is 14.5 Å². The van der Waals surface area contributed by atoms with Crippen LogP contribution in [0.5, 0.6) is 0 Å². The van der Waals surface area contributed by atoms with Crippen molar-refractivity contribution in [3.8, 4) is 0 Å². The van der Waals surface area contributed by atoms with Crippen LogP contribution in [-0.4, -0.2) is 12.2 Å². The molecule has 0 heterocycles. The molecule has 120 valence electrons. The van der Waals surface area contributed by atoms with Crippen molar-refractivity contribution in [2.45, 2.75) is 6.43 Å². The molecule has 0 spiro atoms. The first-order valence-electron chi connectivity index (χ1n) is 7.49. The zero-order valence-electron chi connectivity index (χ0n) is 12.7. The average molecular weight is 323 g/mol. The Bertz CT molecular complexity index is 883. The molecular formula is C20H15F2NO. The van der Waals surface area contributed by atoms with E-state index < -0.39 is 17.9 Å². The maximum absolute atomic E-state index is 13.4. The third-order valence-corrected chi connectivity index (χ3v) is 3.65. The third kappa shape index (κ3) is 3.49. The number of fused-ring (bicyclic) bond motifs is 1. The number of hydrogen-bond donors (Lipinski definition) is 1. The molecule has 0 aliphatic heterocycles. The maximum Gasteiger partial charge on any atom is 0.278 e. The lowest BCUT2D eigenvalue weighted by molar-refractivity contribution is 0.104. The van der Waals surface area contributed by atoms with Gasteiger partial charge in [0.05, 0.1) is 5.70 Å². The van der Waals surface area contributed by atoms with Gasteiger partial charge in [-0.3, -0.25) is 4.79 Å². The van der Waals surface area contributed by atoms with Gasteiger partial charge >= 0.3 is 0 Å². The van der Waals surface area contributed by atoms with Gasteiger partial charge in [0.15, 0.2) is 5.78 Å². The Morgan fingerprint density at radius 2 is 1.54 bits per heavy atom. The summed E-state index contributed by atoms with van der Waals surface area (Å²) in [5.41, 5.74) is 0.496. The molecule has 24 heavy (non-hydrogen) atoms. The Labute approximate surface area is 138 Å². The maximum atomic E-state index is 13.4. The largest absolute Gasteiger partial charge is 0.354 e. The second kappa shape index (κ2) is 7.04. The van der Waals surface area contributed by atoms with Gasteiger partial charge in [0.2, 0.25) is 0 Å². The summed E-state index contributed by atoms with van der Waals surface area (Å²) in [5, 5.41) is 4.47. The van der Waals surface area contributed by atoms with E-state index in [2.05, 4.69) is 5.32 Å². The first-order valence-corrected chi connectivity index (χ1v) is 7.49. The summed E-state index contributed by atoms with van der Waals surface area (Å²) in [6, 6.07) is 21.2. The summed E-state index contributed by atoms with van der Waals surface area (Å²) < 4.78 is 26.8. The quantitative estimate of drug-likeness (QED) is 0.511. The predicted molar refractivity (Wildman–Crippen MR) is 92.4 cm³/mol. The fraction of sp³-hybridized carbons (Fsp3) is 0.0500. The van der Waals surface area contributed by atoms with Crippen LogP contribution in [0.1, 0.15) is 10.4 Å². The van der Waals surface area contributed by atoms with Crippen molar-refractivity contribution in [1.82, 2.24) is 0 Å². The zero-order chi connectivity index (χ0) is 16.9. The van der Waals surface area contributed by atoms with Crippen molar-refractivity contribution in [1.29, 1.82) is 0 Å². The number of hydrogen-bond acceptors (Lipinski definition) is 2. The van der Waals surface area contributed by atoms with Crippen LogP contribution in [0.2, 0.25) is 0 Å². The minimum Gasteiger partial charge on any atom is -0.354 e. The number of halogens is 2. The van der Waals surface area contributed by atoms with Gasteiger partial charge in [-0.05, 0) is 11.5 Å². The molecule has 1 N–H and O–H groups in total. The van der Waals surface area contributed by atoms with E-state index in [1.54, 1.807) is 42.5 Å². The van der Waals surface area contributed by atoms with Crippen LogP contribution in [0.3, 0.4) is 0 Å². The lowest BCUT2D eigenvalue weighted by Crippen LogP contribution is -2.11. The molecule has 3 rings (SSSR count). The Kier molecular flexibility index (Phi) is 4.66. The van der Waals surface area contributed by atoms with E-state index >= 15 is 0 Å². The first kappa shape index (κ1) is 15.9. The minimum absolute atomic E-state index is 0.371. The number of nitrogens with one attached hydrogen (secondary N) is 1. The Hall–Kier alpha value is -3.01. The van der Waals surface area contributed by atoms with E-state index in [0.29, 0.717) is 11.3 Å². The number of carbonyl (C=O) groups is 1. The van der Waals surface area contributed by atoms with Gasteiger partial charge in [0.1, 0.15) is 0 Å². The average Bonchev–Trinajstić information content (AvgIpc) is 2.62. The van der Waals surface area contributed by atoms with E-state index in [1.165, 1.54) is 0 Å². The topological polar surface area (TPSA) is 29.1 Å². The SMILES string of the molecule is O=C(C=C(Nc1cccc2ccccc12)C(F)F)c1ccccc1. The van der Waals surface area contributed by atoms with Gasteiger partial charge < -0.3 is 5.32 Å². The van der Waals surface area contributed by atoms with Crippen LogP contribution in [-0.2, 0) is 0 Å². The van der Waals surface area contributed by atoms with Gasteiger partial charge in [-0.2, -0.15) is 0 Å². The lowest BCUT2D eigenvalue weighted by Gasteiger charge is -2.12. The molecule has 4 heteroatoms. The molecule has 3 aromatic rings. The summed E-state index contributed by atoms with van der Waals surface area (Å²) in [5.74, 6) is -0.460. The predicted octanol–water partition coefficient (Wildman–Crippen LogP) is 5.28. The highest BCUT2D eigenvalue weighted by molar-refractivity contribution is 6.05. The van der Waals surface area contributed by atoms with E-state index in [9.17, 15) is 13.6 Å². The van der Waals surface area contributed by atoms with Crippen LogP contribution in [0, 0.1) is 0 Å². The van der Waals surface area contributed by atoms with Crippen molar-refractivity contribution in [2.24, 2.45) is 0 Å². The molecule has 0 aliphatic rings. The monoisotopic (exact) mass is 323 g/mol. The normalized spacial score (nSPS) is 11.7. The van der Waals surface area contributed by atoms with E-state index in [1.807, 2.05) is 30.3 Å². The molecule has 0 unspecified atom stereocenters. The second-order valence-electron chi connectivity index (χ2n) is 5.28. The van der Waals surface area contributed by atoms with Crippen molar-refractivity contribution in [2.75, 3.05) is 5.32 Å². The van der Waals surface area contributed by atoms with E-state index in [4.69, 9.17) is 0 Å². The lowest BCUT2D eigenvalue weighted by atomic mass is 10.1. The molecule has 0 saturated heterocycles. The van der Waals surface area contributed by atoms with Crippen molar-refractivity contribution in [3.63, 3.8) is 0 Å². The van der Waals surface area contributed by atoms with Gasteiger partial charge in [-0.1, -0.05) is 66.7 Å². The van der Waals surface area contributed by atoms with E-state index in [-0.39, 0.29) is 0 Å². The highest BCUT2D eigenvalue weighted by Crippen LogP contribution is 2.25. The minimum atomic E-state index is -2.78. The van der Waals surface area contributed by atoms with Gasteiger partial charge in [-0.15, -0.1) is 0 Å². The fourth-order valence-corrected chi connectivity index (χ4v) is 2.47. The molecule has 0 bridgehead atoms. The van der Waals surface area contributed by atoms with Crippen LogP contribution in [0.15, 0.2) is 84.6 Å². The standard InChI is InChI=1S/C20H15F2NO/c21-20(22)18(13-19(24)15-8-2-1-3-9-15)23-17-12-6-10-14-7-4-5-11-16(14)17/h1-13,20,23H. The van der Waals surface area contributed by atoms with Gasteiger partial charge in [0.25, 0.3) is 6.43 Å². The van der Waals surface area contributed by atoms with Crippen LogP contribution < -0.4 is 5.32 Å². The highest BCUT2D eigenvalue weighted by Gasteiger charge is 2.15. The summed E-state index contributed by atoms with van der Waals surface area (Å²) >= 11 is 0. The second-order valence-corrected chi connectivity index (χ2v) is 5.28. The van der Waals surface area contributed by atoms with Gasteiger partial charge in [0, 0.05) is 22.7 Å². The molecule has 0 amide bonds. The number of rotatable bonds is 5. The Balaban J connectivity index is 1.94. The smallest absolute Gasteiger partial charge is 0.278 e. The summed E-state index contributed by atoms with van der Waals surface area (Å²) in [6.45, 7) is 0. The molecule has 0 fully saturated rings. The fourth-order valence-electron chi connectivity index (χ4n) is 2.47. The number of anilines is 1. The number of ketones is 1. The molecule has 2 nitrogen and oxygen atoms in total. The Morgan fingerprint density at radius 1 is 0.875 bits per heavy atom. The summed E-state index contributed by atoms with van der Waals surface area (Å²) in [7, 11) is 0. The third-order valence-electron chi connectivity index (χ3n) is 3.65. The van der Waals surface area contributed by atoms with Crippen LogP contribution in [0.25, 0.3) is 10.8 Å². The first-order chi connectivity index (χ1) is 11.6. The van der Waals surface area contributed by atoms with Crippen molar-refractivity contribution in [3.05, 3.63) is 90.1 Å². The summed E-state index contributed by atoms with van der Waals surface area (Å²) in [4.78, 5) is 12.2. The number of alkyl halides is 2. The van der Waals surface area contributed by atoms with Crippen molar-refractivity contribution >= 4 is 22.2 Å². The van der Waals surface area contributed by atoms with Gasteiger partial charge in [-0.25, -0.2) is 8.78 Å². The number of benzene rings is 3. The highest BCUT2D eigenvalue weighted by atomic mass is 19.3. The zero-order valence-corrected chi connectivity index (χ0v) is 12.7.